The molecule has 1 unspecified atom stereocenters. The average molecular weight is 338 g/mol. The molecule has 4 rings (SSSR count). The summed E-state index contributed by atoms with van der Waals surface area (Å²) in [5.74, 6) is 0.00301. The van der Waals surface area contributed by atoms with Crippen molar-refractivity contribution in [3.05, 3.63) is 41.1 Å². The number of rotatable bonds is 2. The van der Waals surface area contributed by atoms with Crippen LogP contribution in [0.1, 0.15) is 23.1 Å². The quantitative estimate of drug-likeness (QED) is 0.717. The maximum atomic E-state index is 12.8. The van der Waals surface area contributed by atoms with Crippen LogP contribution in [0.5, 0.6) is 0 Å². The number of hydrogen-bond donors (Lipinski definition) is 0. The molecular formula is C16H14N6OS. The number of carbonyl (C=O) groups excluding carboxylic acids is 1. The van der Waals surface area contributed by atoms with E-state index in [1.165, 1.54) is 11.3 Å². The van der Waals surface area contributed by atoms with E-state index in [0.29, 0.717) is 17.2 Å². The number of hydrogen-bond acceptors (Lipinski definition) is 7. The smallest absolute Gasteiger partial charge is 0.257 e. The Morgan fingerprint density at radius 2 is 2.00 bits per heavy atom. The molecule has 120 valence electrons. The number of thiophene rings is 1. The molecule has 24 heavy (non-hydrogen) atoms. The largest absolute Gasteiger partial charge is 0.272 e. The summed E-state index contributed by atoms with van der Waals surface area (Å²) in [5, 5.41) is 6.76. The molecule has 0 aliphatic carbocycles. The Labute approximate surface area is 142 Å². The Bertz CT molecular complexity index is 981. The highest BCUT2D eigenvalue weighted by Gasteiger charge is 2.36. The summed E-state index contributed by atoms with van der Waals surface area (Å²) < 4.78 is 0. The molecule has 1 aliphatic rings. The Morgan fingerprint density at radius 1 is 1.17 bits per heavy atom. The summed E-state index contributed by atoms with van der Waals surface area (Å²) >= 11 is 1.59. The molecule has 0 bridgehead atoms. The van der Waals surface area contributed by atoms with E-state index in [1.54, 1.807) is 29.9 Å². The van der Waals surface area contributed by atoms with Gasteiger partial charge in [-0.15, -0.1) is 11.3 Å². The van der Waals surface area contributed by atoms with Crippen molar-refractivity contribution in [3.8, 4) is 0 Å². The lowest BCUT2D eigenvalue weighted by Crippen LogP contribution is -2.26. The Morgan fingerprint density at radius 3 is 2.75 bits per heavy atom. The fourth-order valence-corrected chi connectivity index (χ4v) is 3.72. The molecule has 0 N–H and O–H groups in total. The number of aryl methyl sites for hydroxylation is 2. The van der Waals surface area contributed by atoms with E-state index >= 15 is 0 Å². The van der Waals surface area contributed by atoms with Crippen molar-refractivity contribution in [2.45, 2.75) is 20.8 Å². The highest BCUT2D eigenvalue weighted by Crippen LogP contribution is 2.36. The minimum Gasteiger partial charge on any atom is -0.272 e. The molecule has 0 saturated carbocycles. The van der Waals surface area contributed by atoms with Crippen LogP contribution in [0, 0.1) is 19.8 Å². The topological polar surface area (TPSA) is 84.2 Å². The van der Waals surface area contributed by atoms with Crippen molar-refractivity contribution >= 4 is 39.0 Å². The van der Waals surface area contributed by atoms with E-state index in [-0.39, 0.29) is 5.91 Å². The molecule has 7 nitrogen and oxygen atoms in total. The van der Waals surface area contributed by atoms with Gasteiger partial charge in [-0.3, -0.25) is 14.8 Å². The molecule has 3 aromatic heterocycles. The van der Waals surface area contributed by atoms with Gasteiger partial charge in [-0.2, -0.15) is 10.1 Å². The minimum atomic E-state index is -0.397. The first kappa shape index (κ1) is 14.8. The lowest BCUT2D eigenvalue weighted by Gasteiger charge is -2.12. The molecule has 1 amide bonds. The summed E-state index contributed by atoms with van der Waals surface area (Å²) in [6, 6.07) is 0. The molecule has 4 heterocycles. The second-order valence-corrected chi connectivity index (χ2v) is 6.81. The predicted octanol–water partition coefficient (Wildman–Crippen LogP) is 2.49. The van der Waals surface area contributed by atoms with Gasteiger partial charge in [-0.1, -0.05) is 0 Å². The molecule has 1 aliphatic heterocycles. The van der Waals surface area contributed by atoms with Gasteiger partial charge in [0.15, 0.2) is 5.82 Å². The van der Waals surface area contributed by atoms with Gasteiger partial charge < -0.3 is 0 Å². The fraction of sp³-hybridized carbons (Fsp3) is 0.250. The number of hydrazone groups is 1. The second kappa shape index (κ2) is 5.41. The normalized spacial score (nSPS) is 17.6. The van der Waals surface area contributed by atoms with Crippen LogP contribution in [0.4, 0.5) is 5.82 Å². The zero-order valence-electron chi connectivity index (χ0n) is 13.4. The van der Waals surface area contributed by atoms with Crippen LogP contribution in [0.2, 0.25) is 0 Å². The van der Waals surface area contributed by atoms with E-state index < -0.39 is 5.92 Å². The van der Waals surface area contributed by atoms with Crippen molar-refractivity contribution in [2.75, 3.05) is 5.01 Å². The van der Waals surface area contributed by atoms with Gasteiger partial charge in [0.25, 0.3) is 5.91 Å². The highest BCUT2D eigenvalue weighted by molar-refractivity contribution is 7.18. The fourth-order valence-electron chi connectivity index (χ4n) is 2.72. The van der Waals surface area contributed by atoms with Crippen LogP contribution < -0.4 is 5.01 Å². The number of amides is 1. The monoisotopic (exact) mass is 338 g/mol. The lowest BCUT2D eigenvalue weighted by molar-refractivity contribution is -0.119. The van der Waals surface area contributed by atoms with E-state index in [2.05, 4.69) is 25.0 Å². The van der Waals surface area contributed by atoms with Gasteiger partial charge in [-0.05, 0) is 26.3 Å². The number of carbonyl (C=O) groups is 1. The van der Waals surface area contributed by atoms with Gasteiger partial charge in [0.2, 0.25) is 0 Å². The van der Waals surface area contributed by atoms with Crippen molar-refractivity contribution in [1.29, 1.82) is 0 Å². The lowest BCUT2D eigenvalue weighted by atomic mass is 10.0. The van der Waals surface area contributed by atoms with Crippen molar-refractivity contribution in [3.63, 3.8) is 0 Å². The first-order chi connectivity index (χ1) is 11.6. The molecule has 0 radical (unpaired) electrons. The van der Waals surface area contributed by atoms with Gasteiger partial charge >= 0.3 is 0 Å². The molecule has 0 fully saturated rings. The summed E-state index contributed by atoms with van der Waals surface area (Å²) in [6.07, 6.45) is 6.27. The summed E-state index contributed by atoms with van der Waals surface area (Å²) in [4.78, 5) is 31.7. The minimum absolute atomic E-state index is 0.126. The predicted molar refractivity (Wildman–Crippen MR) is 92.1 cm³/mol. The molecular weight excluding hydrogens is 324 g/mol. The zero-order valence-corrected chi connectivity index (χ0v) is 14.2. The molecule has 0 spiro atoms. The number of nitrogens with zero attached hydrogens (tertiary/aromatic N) is 6. The Hall–Kier alpha value is -2.74. The standard InChI is InChI=1S/C16H14N6OS/c1-8-10(3)24-15-12(8)14(19-7-20-15)22-16(23)9(2)13(21-22)11-6-17-4-5-18-11/h4-7,9H,1-3H3. The first-order valence-electron chi connectivity index (χ1n) is 7.47. The number of fused-ring (bicyclic) bond motifs is 1. The van der Waals surface area contributed by atoms with Crippen molar-refractivity contribution in [2.24, 2.45) is 11.0 Å². The second-order valence-electron chi connectivity index (χ2n) is 5.61. The van der Waals surface area contributed by atoms with Crippen LogP contribution in [0.25, 0.3) is 10.2 Å². The maximum Gasteiger partial charge on any atom is 0.257 e. The van der Waals surface area contributed by atoms with Crippen LogP contribution in [0.3, 0.4) is 0 Å². The average Bonchev–Trinajstić information content (AvgIpc) is 3.06. The van der Waals surface area contributed by atoms with Gasteiger partial charge in [0.05, 0.1) is 17.5 Å². The van der Waals surface area contributed by atoms with Crippen LogP contribution in [-0.4, -0.2) is 31.6 Å². The zero-order chi connectivity index (χ0) is 16.8. The van der Waals surface area contributed by atoms with E-state index in [9.17, 15) is 4.79 Å². The number of aromatic nitrogens is 4. The maximum absolute atomic E-state index is 12.8. The Kier molecular flexibility index (Phi) is 3.34. The third-order valence-corrected chi connectivity index (χ3v) is 5.28. The highest BCUT2D eigenvalue weighted by atomic mass is 32.1. The van der Waals surface area contributed by atoms with E-state index in [4.69, 9.17) is 0 Å². The van der Waals surface area contributed by atoms with Crippen LogP contribution >= 0.6 is 11.3 Å². The van der Waals surface area contributed by atoms with E-state index in [1.807, 2.05) is 20.8 Å². The van der Waals surface area contributed by atoms with Gasteiger partial charge in [0, 0.05) is 17.3 Å². The van der Waals surface area contributed by atoms with Crippen LogP contribution in [0.15, 0.2) is 30.0 Å². The van der Waals surface area contributed by atoms with Crippen LogP contribution in [-0.2, 0) is 4.79 Å². The SMILES string of the molecule is Cc1sc2ncnc(N3N=C(c4cnccn4)C(C)C3=O)c2c1C. The van der Waals surface area contributed by atoms with Crippen molar-refractivity contribution < 1.29 is 4.79 Å². The van der Waals surface area contributed by atoms with Gasteiger partial charge in [0.1, 0.15) is 22.6 Å². The number of anilines is 1. The molecule has 0 saturated heterocycles. The summed E-state index contributed by atoms with van der Waals surface area (Å²) in [7, 11) is 0. The Balaban J connectivity index is 1.88. The van der Waals surface area contributed by atoms with Gasteiger partial charge in [-0.25, -0.2) is 9.97 Å². The molecule has 0 aromatic carbocycles. The van der Waals surface area contributed by atoms with Crippen molar-refractivity contribution in [1.82, 2.24) is 19.9 Å². The summed E-state index contributed by atoms with van der Waals surface area (Å²) in [6.45, 7) is 5.87. The molecule has 1 atom stereocenters. The molecule has 3 aromatic rings. The third-order valence-electron chi connectivity index (χ3n) is 4.17. The first-order valence-corrected chi connectivity index (χ1v) is 8.29. The summed E-state index contributed by atoms with van der Waals surface area (Å²) in [5.41, 5.74) is 2.28. The van der Waals surface area contributed by atoms with E-state index in [0.717, 1.165) is 20.7 Å². The third kappa shape index (κ3) is 2.10. The molecule has 8 heteroatoms.